The van der Waals surface area contributed by atoms with Crippen molar-refractivity contribution in [1.29, 1.82) is 0 Å². The number of allylic oxidation sites excluding steroid dienone is 2. The number of amides is 2. The molecule has 1 aliphatic carbocycles. The number of benzene rings is 3. The molecular formula is C36H35N3O5. The van der Waals surface area contributed by atoms with Crippen molar-refractivity contribution in [3.05, 3.63) is 124 Å². The Balaban J connectivity index is 1.27. The molecule has 8 heteroatoms. The number of fused-ring (bicyclic) bond motifs is 2. The Morgan fingerprint density at radius 2 is 1.73 bits per heavy atom. The van der Waals surface area contributed by atoms with E-state index >= 15 is 0 Å². The fourth-order valence-electron chi connectivity index (χ4n) is 6.23. The highest BCUT2D eigenvalue weighted by Crippen LogP contribution is 2.33. The van der Waals surface area contributed by atoms with Crippen molar-refractivity contribution in [1.82, 2.24) is 9.88 Å². The van der Waals surface area contributed by atoms with Crippen molar-refractivity contribution in [3.63, 3.8) is 0 Å². The Morgan fingerprint density at radius 1 is 0.932 bits per heavy atom. The van der Waals surface area contributed by atoms with Crippen LogP contribution < -0.4 is 10.2 Å². The summed E-state index contributed by atoms with van der Waals surface area (Å²) >= 11 is 0. The van der Waals surface area contributed by atoms with Crippen LogP contribution >= 0.6 is 0 Å². The third-order valence-electron chi connectivity index (χ3n) is 8.57. The zero-order valence-corrected chi connectivity index (χ0v) is 24.6. The molecule has 1 atom stereocenters. The summed E-state index contributed by atoms with van der Waals surface area (Å²) in [7, 11) is 0. The number of nitrogens with zero attached hydrogens (tertiary/aromatic N) is 2. The van der Waals surface area contributed by atoms with Gasteiger partial charge in [-0.3, -0.25) is 9.59 Å². The van der Waals surface area contributed by atoms with Gasteiger partial charge in [0.1, 0.15) is 17.5 Å². The largest absolute Gasteiger partial charge is 0.508 e. The molecule has 2 aliphatic rings. The van der Waals surface area contributed by atoms with E-state index in [9.17, 15) is 24.6 Å². The average Bonchev–Trinajstić information content (AvgIpc) is 3.34. The van der Waals surface area contributed by atoms with E-state index in [2.05, 4.69) is 24.4 Å². The minimum absolute atomic E-state index is 0.0650. The molecular weight excluding hydrogens is 554 g/mol. The van der Waals surface area contributed by atoms with E-state index in [-0.39, 0.29) is 24.6 Å². The van der Waals surface area contributed by atoms with Gasteiger partial charge in [0.15, 0.2) is 0 Å². The minimum Gasteiger partial charge on any atom is -0.508 e. The van der Waals surface area contributed by atoms with Gasteiger partial charge in [0.05, 0.1) is 13.1 Å². The van der Waals surface area contributed by atoms with Crippen molar-refractivity contribution in [2.45, 2.75) is 58.2 Å². The maximum atomic E-state index is 14.1. The SMILES string of the molecule is Cc1cc(C(=O)N2Cc3ccc(C(=O)N[C@@H](Cc4ccc(O)cc4)C(=O)O)n3Cc3ccccc32)ccc1C1=CCCCC1. The van der Waals surface area contributed by atoms with Gasteiger partial charge in [-0.2, -0.15) is 0 Å². The molecule has 0 bridgehead atoms. The van der Waals surface area contributed by atoms with E-state index in [1.807, 2.05) is 47.0 Å². The molecule has 224 valence electrons. The van der Waals surface area contributed by atoms with Gasteiger partial charge in [-0.1, -0.05) is 42.5 Å². The Kier molecular flexibility index (Phi) is 8.07. The first-order chi connectivity index (χ1) is 21.3. The number of aromatic hydroxyl groups is 1. The lowest BCUT2D eigenvalue weighted by atomic mass is 9.90. The second-order valence-corrected chi connectivity index (χ2v) is 11.6. The number of carboxylic acids is 1. The number of nitrogens with one attached hydrogen (secondary N) is 1. The van der Waals surface area contributed by atoms with Crippen molar-refractivity contribution >= 4 is 29.0 Å². The highest BCUT2D eigenvalue weighted by Gasteiger charge is 2.29. The molecule has 0 saturated heterocycles. The smallest absolute Gasteiger partial charge is 0.326 e. The molecule has 0 spiro atoms. The number of rotatable bonds is 7. The van der Waals surface area contributed by atoms with E-state index in [0.29, 0.717) is 23.4 Å². The third-order valence-corrected chi connectivity index (χ3v) is 8.57. The van der Waals surface area contributed by atoms with Crippen LogP contribution in [0.5, 0.6) is 5.75 Å². The first-order valence-corrected chi connectivity index (χ1v) is 15.0. The fourth-order valence-corrected chi connectivity index (χ4v) is 6.23. The molecule has 0 radical (unpaired) electrons. The summed E-state index contributed by atoms with van der Waals surface area (Å²) in [6.07, 6.45) is 6.94. The van der Waals surface area contributed by atoms with Crippen LogP contribution in [-0.2, 0) is 24.3 Å². The molecule has 1 aliphatic heterocycles. The summed E-state index contributed by atoms with van der Waals surface area (Å²) in [6, 6.07) is 22.2. The van der Waals surface area contributed by atoms with E-state index in [4.69, 9.17) is 0 Å². The first kappa shape index (κ1) is 29.0. The number of carbonyl (C=O) groups is 3. The summed E-state index contributed by atoms with van der Waals surface area (Å²) in [5, 5.41) is 22.1. The number of hydrogen-bond acceptors (Lipinski definition) is 4. The van der Waals surface area contributed by atoms with Gasteiger partial charge in [0, 0.05) is 23.4 Å². The van der Waals surface area contributed by atoms with Gasteiger partial charge < -0.3 is 25.0 Å². The molecule has 0 fully saturated rings. The molecule has 4 aromatic rings. The monoisotopic (exact) mass is 589 g/mol. The molecule has 0 unspecified atom stereocenters. The van der Waals surface area contributed by atoms with Gasteiger partial charge in [-0.15, -0.1) is 0 Å². The number of aliphatic carboxylic acids is 1. The Labute approximate surface area is 256 Å². The molecule has 8 nitrogen and oxygen atoms in total. The van der Waals surface area contributed by atoms with Crippen LogP contribution in [0.25, 0.3) is 5.57 Å². The number of para-hydroxylation sites is 1. The van der Waals surface area contributed by atoms with Crippen molar-refractivity contribution in [3.8, 4) is 5.75 Å². The topological polar surface area (TPSA) is 112 Å². The summed E-state index contributed by atoms with van der Waals surface area (Å²) in [5.74, 6) is -1.71. The second-order valence-electron chi connectivity index (χ2n) is 11.6. The zero-order chi connectivity index (χ0) is 30.8. The predicted molar refractivity (Wildman–Crippen MR) is 169 cm³/mol. The lowest BCUT2D eigenvalue weighted by molar-refractivity contribution is -0.139. The Hall–Kier alpha value is -5.11. The van der Waals surface area contributed by atoms with Crippen LogP contribution in [0.3, 0.4) is 0 Å². The van der Waals surface area contributed by atoms with Crippen molar-refractivity contribution in [2.24, 2.45) is 0 Å². The zero-order valence-electron chi connectivity index (χ0n) is 24.6. The Bertz CT molecular complexity index is 1770. The number of phenolic OH excluding ortho intramolecular Hbond substituents is 1. The molecule has 2 heterocycles. The standard InChI is InChI=1S/C36H35N3O5/c1-23-19-26(13-17-30(23)25-7-3-2-4-8-25)35(42)39-22-28-14-18-33(38(28)21-27-9-5-6-10-32(27)39)34(41)37-31(36(43)44)20-24-11-15-29(40)16-12-24/h5-7,9-19,31,40H,2-4,8,20-22H2,1H3,(H,37,41)(H,43,44)/t31-/m0/s1. The van der Waals surface area contributed by atoms with E-state index in [1.54, 1.807) is 23.1 Å². The molecule has 6 rings (SSSR count). The van der Waals surface area contributed by atoms with Gasteiger partial charge in [-0.05, 0) is 103 Å². The van der Waals surface area contributed by atoms with Crippen molar-refractivity contribution in [2.75, 3.05) is 4.90 Å². The van der Waals surface area contributed by atoms with E-state index in [1.165, 1.54) is 36.1 Å². The lowest BCUT2D eigenvalue weighted by Crippen LogP contribution is -2.43. The van der Waals surface area contributed by atoms with Gasteiger partial charge in [0.25, 0.3) is 11.8 Å². The first-order valence-electron chi connectivity index (χ1n) is 15.0. The molecule has 2 amide bonds. The second kappa shape index (κ2) is 12.2. The number of aryl methyl sites for hydroxylation is 1. The quantitative estimate of drug-likeness (QED) is 0.241. The molecule has 44 heavy (non-hydrogen) atoms. The Morgan fingerprint density at radius 3 is 2.45 bits per heavy atom. The number of anilines is 1. The minimum atomic E-state index is -1.16. The van der Waals surface area contributed by atoms with Crippen LogP contribution in [-0.4, -0.2) is 38.6 Å². The molecule has 3 aromatic carbocycles. The van der Waals surface area contributed by atoms with Gasteiger partial charge in [-0.25, -0.2) is 4.79 Å². The fraction of sp³-hybridized carbons (Fsp3) is 0.250. The normalized spacial score (nSPS) is 14.9. The maximum Gasteiger partial charge on any atom is 0.326 e. The van der Waals surface area contributed by atoms with Crippen LogP contribution in [0.1, 0.15) is 74.5 Å². The number of phenols is 1. The predicted octanol–water partition coefficient (Wildman–Crippen LogP) is 6.09. The van der Waals surface area contributed by atoms with Crippen LogP contribution in [0.2, 0.25) is 0 Å². The summed E-state index contributed by atoms with van der Waals surface area (Å²) in [5.41, 5.74) is 7.66. The number of carboxylic acid groups (broad SMARTS) is 1. The summed E-state index contributed by atoms with van der Waals surface area (Å²) < 4.78 is 1.85. The highest BCUT2D eigenvalue weighted by atomic mass is 16.4. The molecule has 3 N–H and O–H groups in total. The summed E-state index contributed by atoms with van der Waals surface area (Å²) in [4.78, 5) is 41.4. The van der Waals surface area contributed by atoms with Crippen LogP contribution in [0, 0.1) is 6.92 Å². The number of aromatic nitrogens is 1. The van der Waals surface area contributed by atoms with Crippen LogP contribution in [0.15, 0.2) is 84.9 Å². The average molecular weight is 590 g/mol. The number of hydrogen-bond donors (Lipinski definition) is 3. The molecule has 1 aromatic heterocycles. The highest BCUT2D eigenvalue weighted by molar-refractivity contribution is 6.07. The van der Waals surface area contributed by atoms with Crippen LogP contribution in [0.4, 0.5) is 5.69 Å². The van der Waals surface area contributed by atoms with Gasteiger partial charge >= 0.3 is 5.97 Å². The van der Waals surface area contributed by atoms with E-state index in [0.717, 1.165) is 35.3 Å². The van der Waals surface area contributed by atoms with Crippen molar-refractivity contribution < 1.29 is 24.6 Å². The maximum absolute atomic E-state index is 14.1. The third kappa shape index (κ3) is 5.88. The molecule has 0 saturated carbocycles. The van der Waals surface area contributed by atoms with E-state index < -0.39 is 17.9 Å². The van der Waals surface area contributed by atoms with Gasteiger partial charge in [0.2, 0.25) is 0 Å². The number of carbonyl (C=O) groups excluding carboxylic acids is 2. The summed E-state index contributed by atoms with van der Waals surface area (Å²) in [6.45, 7) is 2.66. The lowest BCUT2D eigenvalue weighted by Gasteiger charge is -2.23.